The van der Waals surface area contributed by atoms with Crippen molar-refractivity contribution in [2.24, 2.45) is 5.10 Å². The van der Waals surface area contributed by atoms with Crippen LogP contribution in [0, 0.1) is 0 Å². The Hall–Kier alpha value is -2.26. The van der Waals surface area contributed by atoms with Gasteiger partial charge in [-0.15, -0.1) is 0 Å². The highest BCUT2D eigenvalue weighted by atomic mass is 79.9. The average molecular weight is 486 g/mol. The number of halogens is 2. The van der Waals surface area contributed by atoms with Gasteiger partial charge < -0.3 is 19.3 Å². The lowest BCUT2D eigenvalue weighted by Gasteiger charge is -2.24. The van der Waals surface area contributed by atoms with Crippen molar-refractivity contribution < 1.29 is 24.1 Å². The molecule has 9 heteroatoms. The van der Waals surface area contributed by atoms with E-state index in [-0.39, 0.29) is 18.1 Å². The van der Waals surface area contributed by atoms with Gasteiger partial charge in [-0.3, -0.25) is 4.79 Å². The first-order valence-corrected chi connectivity index (χ1v) is 9.06. The predicted octanol–water partition coefficient (Wildman–Crippen LogP) is 3.22. The van der Waals surface area contributed by atoms with Crippen LogP contribution in [-0.2, 0) is 4.79 Å². The summed E-state index contributed by atoms with van der Waals surface area (Å²) in [7, 11) is 1.44. The fraction of sp³-hybridized carbons (Fsp3) is 0.176. The van der Waals surface area contributed by atoms with Crippen LogP contribution < -0.4 is 19.6 Å². The molecule has 1 aliphatic heterocycles. The summed E-state index contributed by atoms with van der Waals surface area (Å²) in [4.78, 5) is 12.2. The molecule has 0 unspecified atom stereocenters. The molecule has 1 aliphatic rings. The standard InChI is InChI=1S/C17H14Br2N2O5/c1-24-13-6-10(18)15(19)9(16(13)22)7-20-21-17(23)14-8-25-11-4-2-3-5-12(11)26-14/h2-7,14,22H,8H2,1H3,(H,21,23)/b20-7-/t14-/m0/s1. The summed E-state index contributed by atoms with van der Waals surface area (Å²) in [5, 5.41) is 14.1. The molecular weight excluding hydrogens is 472 g/mol. The van der Waals surface area contributed by atoms with Gasteiger partial charge in [0.1, 0.15) is 6.61 Å². The van der Waals surface area contributed by atoms with Crippen LogP contribution in [0.3, 0.4) is 0 Å². The Bertz CT molecular complexity index is 872. The second-order valence-corrected chi connectivity index (χ2v) is 6.88. The quantitative estimate of drug-likeness (QED) is 0.512. The number of benzene rings is 2. The van der Waals surface area contributed by atoms with Crippen molar-refractivity contribution in [3.05, 3.63) is 44.8 Å². The van der Waals surface area contributed by atoms with Crippen LogP contribution in [0.25, 0.3) is 0 Å². The van der Waals surface area contributed by atoms with Crippen molar-refractivity contribution in [3.63, 3.8) is 0 Å². The number of phenolic OH excluding ortho intramolecular Hbond substituents is 1. The highest BCUT2D eigenvalue weighted by Crippen LogP contribution is 2.39. The van der Waals surface area contributed by atoms with E-state index in [2.05, 4.69) is 42.4 Å². The Labute approximate surface area is 166 Å². The average Bonchev–Trinajstić information content (AvgIpc) is 2.66. The highest BCUT2D eigenvalue weighted by molar-refractivity contribution is 9.13. The summed E-state index contributed by atoms with van der Waals surface area (Å²) in [6, 6.07) is 8.72. The maximum Gasteiger partial charge on any atom is 0.284 e. The van der Waals surface area contributed by atoms with Crippen LogP contribution in [-0.4, -0.2) is 37.0 Å². The number of nitrogens with zero attached hydrogens (tertiary/aromatic N) is 1. The molecule has 0 aliphatic carbocycles. The van der Waals surface area contributed by atoms with E-state index in [1.807, 2.05) is 6.07 Å². The number of ether oxygens (including phenoxy) is 3. The van der Waals surface area contributed by atoms with Crippen molar-refractivity contribution in [3.8, 4) is 23.0 Å². The third-order valence-electron chi connectivity index (χ3n) is 3.58. The number of para-hydroxylation sites is 2. The summed E-state index contributed by atoms with van der Waals surface area (Å²) >= 11 is 6.69. The van der Waals surface area contributed by atoms with E-state index in [9.17, 15) is 9.90 Å². The summed E-state index contributed by atoms with van der Waals surface area (Å²) in [5.74, 6) is 0.795. The number of hydrogen-bond acceptors (Lipinski definition) is 6. The lowest BCUT2D eigenvalue weighted by atomic mass is 10.2. The molecular formula is C17H14Br2N2O5. The minimum Gasteiger partial charge on any atom is -0.504 e. The molecule has 2 aromatic rings. The first-order valence-electron chi connectivity index (χ1n) is 7.47. The molecule has 136 valence electrons. The Morgan fingerprint density at radius 1 is 1.38 bits per heavy atom. The number of methoxy groups -OCH3 is 1. The minimum atomic E-state index is -0.823. The summed E-state index contributed by atoms with van der Waals surface area (Å²) in [5.41, 5.74) is 2.73. The number of amides is 1. The molecule has 0 radical (unpaired) electrons. The fourth-order valence-corrected chi connectivity index (χ4v) is 3.09. The van der Waals surface area contributed by atoms with Crippen molar-refractivity contribution in [1.29, 1.82) is 0 Å². The maximum absolute atomic E-state index is 12.2. The first-order chi connectivity index (χ1) is 12.5. The van der Waals surface area contributed by atoms with Gasteiger partial charge in [-0.25, -0.2) is 5.43 Å². The van der Waals surface area contributed by atoms with Crippen molar-refractivity contribution in [2.75, 3.05) is 13.7 Å². The minimum absolute atomic E-state index is 0.0814. The molecule has 1 atom stereocenters. The van der Waals surface area contributed by atoms with Gasteiger partial charge in [-0.05, 0) is 50.1 Å². The number of phenols is 1. The zero-order chi connectivity index (χ0) is 18.7. The van der Waals surface area contributed by atoms with E-state index in [4.69, 9.17) is 14.2 Å². The van der Waals surface area contributed by atoms with Gasteiger partial charge in [-0.1, -0.05) is 12.1 Å². The van der Waals surface area contributed by atoms with E-state index in [0.717, 1.165) is 0 Å². The number of carbonyl (C=O) groups is 1. The summed E-state index contributed by atoms with van der Waals surface area (Å²) < 4.78 is 17.4. The Balaban J connectivity index is 1.70. The van der Waals surface area contributed by atoms with Gasteiger partial charge in [-0.2, -0.15) is 5.10 Å². The van der Waals surface area contributed by atoms with E-state index in [0.29, 0.717) is 26.0 Å². The van der Waals surface area contributed by atoms with Gasteiger partial charge in [0.25, 0.3) is 5.91 Å². The zero-order valence-corrected chi connectivity index (χ0v) is 16.7. The van der Waals surface area contributed by atoms with Crippen molar-refractivity contribution in [1.82, 2.24) is 5.43 Å². The summed E-state index contributed by atoms with van der Waals surface area (Å²) in [6.45, 7) is 0.0814. The van der Waals surface area contributed by atoms with Gasteiger partial charge in [0, 0.05) is 8.95 Å². The molecule has 0 saturated carbocycles. The molecule has 2 N–H and O–H groups in total. The van der Waals surface area contributed by atoms with Gasteiger partial charge >= 0.3 is 0 Å². The SMILES string of the molecule is COc1cc(Br)c(Br)c(/C=N\NC(=O)[C@@H]2COc3ccccc3O2)c1O. The first kappa shape index (κ1) is 18.5. The van der Waals surface area contributed by atoms with Crippen LogP contribution in [0.5, 0.6) is 23.0 Å². The molecule has 0 aromatic heterocycles. The van der Waals surface area contributed by atoms with E-state index < -0.39 is 12.0 Å². The van der Waals surface area contributed by atoms with E-state index in [1.54, 1.807) is 24.3 Å². The summed E-state index contributed by atoms with van der Waals surface area (Å²) in [6.07, 6.45) is 0.485. The second-order valence-electron chi connectivity index (χ2n) is 5.24. The van der Waals surface area contributed by atoms with E-state index >= 15 is 0 Å². The predicted molar refractivity (Wildman–Crippen MR) is 102 cm³/mol. The highest BCUT2D eigenvalue weighted by Gasteiger charge is 2.27. The number of rotatable bonds is 4. The number of fused-ring (bicyclic) bond motifs is 1. The number of carbonyl (C=O) groups excluding carboxylic acids is 1. The fourth-order valence-electron chi connectivity index (χ4n) is 2.27. The smallest absolute Gasteiger partial charge is 0.284 e. The number of hydrogen-bond donors (Lipinski definition) is 2. The number of nitrogens with one attached hydrogen (secondary N) is 1. The van der Waals surface area contributed by atoms with Crippen LogP contribution in [0.4, 0.5) is 0 Å². The lowest BCUT2D eigenvalue weighted by molar-refractivity contribution is -0.130. The molecule has 3 rings (SSSR count). The van der Waals surface area contributed by atoms with Gasteiger partial charge in [0.2, 0.25) is 6.10 Å². The molecule has 26 heavy (non-hydrogen) atoms. The molecule has 0 bridgehead atoms. The molecule has 0 saturated heterocycles. The molecule has 0 spiro atoms. The van der Waals surface area contributed by atoms with Crippen molar-refractivity contribution in [2.45, 2.75) is 6.10 Å². The van der Waals surface area contributed by atoms with Gasteiger partial charge in [0.05, 0.1) is 18.9 Å². The molecule has 2 aromatic carbocycles. The third kappa shape index (κ3) is 3.78. The van der Waals surface area contributed by atoms with E-state index in [1.165, 1.54) is 13.3 Å². The third-order valence-corrected chi connectivity index (χ3v) is 5.59. The number of aromatic hydroxyl groups is 1. The maximum atomic E-state index is 12.2. The van der Waals surface area contributed by atoms with Crippen molar-refractivity contribution >= 4 is 44.0 Å². The Morgan fingerprint density at radius 2 is 2.12 bits per heavy atom. The largest absolute Gasteiger partial charge is 0.504 e. The lowest BCUT2D eigenvalue weighted by Crippen LogP contribution is -2.42. The normalized spacial score (nSPS) is 15.7. The number of hydrazone groups is 1. The van der Waals surface area contributed by atoms with Crippen LogP contribution in [0.1, 0.15) is 5.56 Å². The second kappa shape index (κ2) is 7.96. The molecule has 1 heterocycles. The molecule has 7 nitrogen and oxygen atoms in total. The molecule has 1 amide bonds. The topological polar surface area (TPSA) is 89.4 Å². The van der Waals surface area contributed by atoms with Crippen LogP contribution in [0.2, 0.25) is 0 Å². The zero-order valence-electron chi connectivity index (χ0n) is 13.5. The molecule has 0 fully saturated rings. The Kier molecular flexibility index (Phi) is 5.67. The van der Waals surface area contributed by atoms with Gasteiger partial charge in [0.15, 0.2) is 23.0 Å². The van der Waals surface area contributed by atoms with Crippen LogP contribution in [0.15, 0.2) is 44.4 Å². The Morgan fingerprint density at radius 3 is 2.85 bits per heavy atom. The van der Waals surface area contributed by atoms with Crippen LogP contribution >= 0.6 is 31.9 Å². The monoisotopic (exact) mass is 484 g/mol.